The Morgan fingerprint density at radius 1 is 1.14 bits per heavy atom. The molecule has 1 amide bonds. The highest BCUT2D eigenvalue weighted by atomic mass is 35.5. The average molecular weight is 394 g/mol. The second-order valence-corrected chi connectivity index (χ2v) is 6.02. The highest BCUT2D eigenvalue weighted by molar-refractivity contribution is 6.34. The fraction of sp³-hybridized carbons (Fsp3) is 0. The van der Waals surface area contributed by atoms with Crippen molar-refractivity contribution in [2.24, 2.45) is 0 Å². The maximum absolute atomic E-state index is 12.3. The maximum atomic E-state index is 12.3. The van der Waals surface area contributed by atoms with E-state index in [4.69, 9.17) is 16.0 Å². The average Bonchev–Trinajstić information content (AvgIpc) is 3.16. The van der Waals surface area contributed by atoms with Gasteiger partial charge in [-0.15, -0.1) is 0 Å². The van der Waals surface area contributed by atoms with Gasteiger partial charge in [-0.1, -0.05) is 23.7 Å². The van der Waals surface area contributed by atoms with Crippen molar-refractivity contribution in [2.45, 2.75) is 0 Å². The number of nitro groups is 1. The third kappa shape index (κ3) is 4.26. The Kier molecular flexibility index (Phi) is 5.53. The minimum Gasteiger partial charge on any atom is -0.457 e. The quantitative estimate of drug-likeness (QED) is 0.282. The van der Waals surface area contributed by atoms with Gasteiger partial charge in [0.2, 0.25) is 0 Å². The number of para-hydroxylation sites is 1. The van der Waals surface area contributed by atoms with Crippen LogP contribution in [0.3, 0.4) is 0 Å². The highest BCUT2D eigenvalue weighted by Gasteiger charge is 2.13. The van der Waals surface area contributed by atoms with Gasteiger partial charge in [0, 0.05) is 23.8 Å². The molecule has 0 aliphatic rings. The summed E-state index contributed by atoms with van der Waals surface area (Å²) >= 11 is 6.00. The van der Waals surface area contributed by atoms with Crippen molar-refractivity contribution in [2.75, 3.05) is 5.32 Å². The monoisotopic (exact) mass is 393 g/mol. The SMILES string of the molecule is N#C/C(=C\c1ccc(-c2ccc([N+](=O)[O-])cc2)o1)C(=O)Nc1ccccc1Cl. The molecule has 28 heavy (non-hydrogen) atoms. The Hall–Kier alpha value is -3.89. The van der Waals surface area contributed by atoms with Crippen molar-refractivity contribution >= 4 is 35.0 Å². The van der Waals surface area contributed by atoms with Crippen molar-refractivity contribution in [3.8, 4) is 17.4 Å². The summed E-state index contributed by atoms with van der Waals surface area (Å²) in [5.74, 6) is 0.119. The Labute approximate surface area is 164 Å². The second kappa shape index (κ2) is 8.20. The third-order valence-corrected chi connectivity index (χ3v) is 4.09. The number of hydrogen-bond acceptors (Lipinski definition) is 5. The van der Waals surface area contributed by atoms with Crippen molar-refractivity contribution in [1.82, 2.24) is 0 Å². The summed E-state index contributed by atoms with van der Waals surface area (Å²) in [4.78, 5) is 22.5. The Balaban J connectivity index is 1.80. The van der Waals surface area contributed by atoms with Gasteiger partial charge in [-0.3, -0.25) is 14.9 Å². The van der Waals surface area contributed by atoms with Gasteiger partial charge in [0.25, 0.3) is 11.6 Å². The Bertz CT molecular complexity index is 1110. The van der Waals surface area contributed by atoms with Crippen molar-refractivity contribution in [1.29, 1.82) is 5.26 Å². The van der Waals surface area contributed by atoms with Gasteiger partial charge in [0.15, 0.2) is 0 Å². The van der Waals surface area contributed by atoms with Gasteiger partial charge in [0.1, 0.15) is 23.2 Å². The predicted molar refractivity (Wildman–Crippen MR) is 104 cm³/mol. The molecular weight excluding hydrogens is 382 g/mol. The smallest absolute Gasteiger partial charge is 0.269 e. The van der Waals surface area contributed by atoms with E-state index >= 15 is 0 Å². The van der Waals surface area contributed by atoms with Gasteiger partial charge in [-0.2, -0.15) is 5.26 Å². The van der Waals surface area contributed by atoms with Crippen LogP contribution in [0.1, 0.15) is 5.76 Å². The number of nitriles is 1. The fourth-order valence-electron chi connectivity index (χ4n) is 2.38. The molecule has 0 fully saturated rings. The van der Waals surface area contributed by atoms with Crippen LogP contribution in [0, 0.1) is 21.4 Å². The van der Waals surface area contributed by atoms with Crippen LogP contribution in [0.15, 0.2) is 70.7 Å². The van der Waals surface area contributed by atoms with Gasteiger partial charge in [0.05, 0.1) is 15.6 Å². The fourth-order valence-corrected chi connectivity index (χ4v) is 2.56. The lowest BCUT2D eigenvalue weighted by Crippen LogP contribution is -2.13. The maximum Gasteiger partial charge on any atom is 0.269 e. The molecule has 138 valence electrons. The number of nitro benzene ring substituents is 1. The number of furan rings is 1. The highest BCUT2D eigenvalue weighted by Crippen LogP contribution is 2.26. The lowest BCUT2D eigenvalue weighted by molar-refractivity contribution is -0.384. The molecule has 0 aliphatic carbocycles. The first-order valence-corrected chi connectivity index (χ1v) is 8.38. The number of anilines is 1. The minimum atomic E-state index is -0.621. The molecule has 7 nitrogen and oxygen atoms in total. The first-order valence-electron chi connectivity index (χ1n) is 8.00. The molecular formula is C20H12ClN3O4. The molecule has 3 rings (SSSR count). The van der Waals surface area contributed by atoms with Gasteiger partial charge >= 0.3 is 0 Å². The van der Waals surface area contributed by atoms with E-state index < -0.39 is 10.8 Å². The summed E-state index contributed by atoms with van der Waals surface area (Å²) in [6.45, 7) is 0. The molecule has 1 N–H and O–H groups in total. The molecule has 0 unspecified atom stereocenters. The number of nitrogens with one attached hydrogen (secondary N) is 1. The number of rotatable bonds is 5. The Morgan fingerprint density at radius 3 is 2.50 bits per heavy atom. The summed E-state index contributed by atoms with van der Waals surface area (Å²) in [5.41, 5.74) is 0.827. The second-order valence-electron chi connectivity index (χ2n) is 5.61. The van der Waals surface area contributed by atoms with E-state index in [0.29, 0.717) is 27.8 Å². The van der Waals surface area contributed by atoms with Crippen molar-refractivity contribution < 1.29 is 14.1 Å². The van der Waals surface area contributed by atoms with Gasteiger partial charge in [-0.05, 0) is 36.4 Å². The largest absolute Gasteiger partial charge is 0.457 e. The van der Waals surface area contributed by atoms with Crippen LogP contribution in [0.5, 0.6) is 0 Å². The molecule has 1 aromatic heterocycles. The first kappa shape index (κ1) is 18.9. The molecule has 2 aromatic carbocycles. The number of nitrogens with zero attached hydrogens (tertiary/aromatic N) is 2. The zero-order chi connectivity index (χ0) is 20.1. The number of carbonyl (C=O) groups excluding carboxylic acids is 1. The normalized spacial score (nSPS) is 10.9. The summed E-state index contributed by atoms with van der Waals surface area (Å²) in [7, 11) is 0. The molecule has 0 bridgehead atoms. The number of hydrogen-bond donors (Lipinski definition) is 1. The van der Waals surface area contributed by atoms with Crippen LogP contribution in [-0.2, 0) is 4.79 Å². The van der Waals surface area contributed by atoms with Crippen LogP contribution in [0.25, 0.3) is 17.4 Å². The molecule has 0 aliphatic heterocycles. The summed E-state index contributed by atoms with van der Waals surface area (Å²) in [6.07, 6.45) is 1.31. The molecule has 0 radical (unpaired) electrons. The van der Waals surface area contributed by atoms with E-state index in [0.717, 1.165) is 0 Å². The van der Waals surface area contributed by atoms with Gasteiger partial charge in [-0.25, -0.2) is 0 Å². The van der Waals surface area contributed by atoms with E-state index in [1.807, 2.05) is 6.07 Å². The molecule has 0 atom stereocenters. The number of halogens is 1. The number of amides is 1. The molecule has 0 saturated carbocycles. The molecule has 1 heterocycles. The summed E-state index contributed by atoms with van der Waals surface area (Å²) in [6, 6.07) is 17.6. The zero-order valence-corrected chi connectivity index (χ0v) is 15.0. The topological polar surface area (TPSA) is 109 Å². The first-order chi connectivity index (χ1) is 13.5. The van der Waals surface area contributed by atoms with E-state index in [2.05, 4.69) is 5.32 Å². The lowest BCUT2D eigenvalue weighted by atomic mass is 10.1. The molecule has 3 aromatic rings. The summed E-state index contributed by atoms with van der Waals surface area (Å²) in [5, 5.41) is 22.9. The number of benzene rings is 2. The Morgan fingerprint density at radius 2 is 1.86 bits per heavy atom. The van der Waals surface area contributed by atoms with E-state index in [9.17, 15) is 20.2 Å². The third-order valence-electron chi connectivity index (χ3n) is 3.76. The molecule has 8 heteroatoms. The standard InChI is InChI=1S/C20H12ClN3O4/c21-17-3-1-2-4-18(17)23-20(25)14(12-22)11-16-9-10-19(28-16)13-5-7-15(8-6-13)24(26)27/h1-11H,(H,23,25)/b14-11+. The van der Waals surface area contributed by atoms with Crippen LogP contribution in [0.2, 0.25) is 5.02 Å². The van der Waals surface area contributed by atoms with Crippen LogP contribution >= 0.6 is 11.6 Å². The van der Waals surface area contributed by atoms with E-state index in [1.165, 1.54) is 18.2 Å². The zero-order valence-electron chi connectivity index (χ0n) is 14.3. The number of carbonyl (C=O) groups is 1. The molecule has 0 saturated heterocycles. The lowest BCUT2D eigenvalue weighted by Gasteiger charge is -2.05. The summed E-state index contributed by atoms with van der Waals surface area (Å²) < 4.78 is 5.62. The predicted octanol–water partition coefficient (Wildman–Crippen LogP) is 5.05. The van der Waals surface area contributed by atoms with Crippen molar-refractivity contribution in [3.63, 3.8) is 0 Å². The van der Waals surface area contributed by atoms with Crippen LogP contribution in [0.4, 0.5) is 11.4 Å². The number of non-ortho nitro benzene ring substituents is 1. The van der Waals surface area contributed by atoms with E-state index in [1.54, 1.807) is 48.5 Å². The van der Waals surface area contributed by atoms with Crippen LogP contribution < -0.4 is 5.32 Å². The van der Waals surface area contributed by atoms with Gasteiger partial charge < -0.3 is 9.73 Å². The van der Waals surface area contributed by atoms with Crippen molar-refractivity contribution in [3.05, 3.63) is 87.1 Å². The minimum absolute atomic E-state index is 0.0292. The molecule has 0 spiro atoms. The van der Waals surface area contributed by atoms with Crippen LogP contribution in [-0.4, -0.2) is 10.8 Å². The van der Waals surface area contributed by atoms with E-state index in [-0.39, 0.29) is 11.3 Å².